The van der Waals surface area contributed by atoms with Crippen molar-refractivity contribution in [3.8, 4) is 17.1 Å². The molecular formula is C27H31BrN6O3. The lowest BCUT2D eigenvalue weighted by atomic mass is 9.98. The molecule has 0 spiro atoms. The number of rotatable bonds is 10. The third kappa shape index (κ3) is 5.49. The number of pyridine rings is 1. The summed E-state index contributed by atoms with van der Waals surface area (Å²) in [4.78, 5) is 21.2. The summed E-state index contributed by atoms with van der Waals surface area (Å²) in [6.45, 7) is 3.26. The van der Waals surface area contributed by atoms with Gasteiger partial charge in [0.15, 0.2) is 0 Å². The molecule has 0 unspecified atom stereocenters. The van der Waals surface area contributed by atoms with Gasteiger partial charge in [0, 0.05) is 23.8 Å². The number of nitrogens with zero attached hydrogens (tertiary/aromatic N) is 5. The smallest absolute Gasteiger partial charge is 0.337 e. The largest absolute Gasteiger partial charge is 0.477 e. The van der Waals surface area contributed by atoms with Crippen LogP contribution in [0.25, 0.3) is 22.3 Å². The first-order valence-corrected chi connectivity index (χ1v) is 13.3. The lowest BCUT2D eigenvalue weighted by molar-refractivity contribution is 0.0600. The molecule has 194 valence electrons. The molecule has 37 heavy (non-hydrogen) atoms. The Bertz CT molecular complexity index is 1440. The predicted molar refractivity (Wildman–Crippen MR) is 145 cm³/mol. The molecule has 9 nitrogen and oxygen atoms in total. The molecule has 1 atom stereocenters. The third-order valence-corrected chi connectivity index (χ3v) is 7.45. The van der Waals surface area contributed by atoms with Crippen molar-refractivity contribution in [2.75, 3.05) is 19.5 Å². The monoisotopic (exact) mass is 566 g/mol. The number of ether oxygens (including phenoxy) is 2. The zero-order chi connectivity index (χ0) is 26.1. The summed E-state index contributed by atoms with van der Waals surface area (Å²) in [5, 5.41) is 4.40. The number of aromatic nitrogens is 5. The number of carbonyl (C=O) groups is 1. The number of methoxy groups -OCH3 is 1. The van der Waals surface area contributed by atoms with Crippen LogP contribution in [0.3, 0.4) is 0 Å². The van der Waals surface area contributed by atoms with Crippen LogP contribution in [0.5, 0.6) is 5.88 Å². The topological polar surface area (TPSA) is 110 Å². The Kier molecular flexibility index (Phi) is 7.19. The summed E-state index contributed by atoms with van der Waals surface area (Å²) >= 11 is 3.55. The van der Waals surface area contributed by atoms with Gasteiger partial charge in [-0.25, -0.2) is 14.5 Å². The molecule has 5 rings (SSSR count). The molecule has 1 aromatic carbocycles. The van der Waals surface area contributed by atoms with Crippen molar-refractivity contribution in [1.82, 2.24) is 24.3 Å². The fourth-order valence-electron chi connectivity index (χ4n) is 4.89. The first kappa shape index (κ1) is 25.3. The Morgan fingerprint density at radius 3 is 2.81 bits per heavy atom. The summed E-state index contributed by atoms with van der Waals surface area (Å²) in [6.07, 6.45) is 6.21. The van der Waals surface area contributed by atoms with Crippen molar-refractivity contribution in [1.29, 1.82) is 0 Å². The third-order valence-electron chi connectivity index (χ3n) is 6.95. The molecule has 1 aliphatic carbocycles. The normalized spacial score (nSPS) is 14.2. The number of nitrogen functional groups attached to an aromatic ring is 1. The number of esters is 1. The average Bonchev–Trinajstić information content (AvgIpc) is 3.59. The zero-order valence-corrected chi connectivity index (χ0v) is 22.9. The highest BCUT2D eigenvalue weighted by molar-refractivity contribution is 9.10. The quantitative estimate of drug-likeness (QED) is 0.264. The number of anilines is 1. The number of aryl methyl sites for hydroxylation is 3. The Labute approximate surface area is 224 Å². The summed E-state index contributed by atoms with van der Waals surface area (Å²) in [5.74, 6) is 1.90. The summed E-state index contributed by atoms with van der Waals surface area (Å²) in [7, 11) is 3.23. The first-order chi connectivity index (χ1) is 17.8. The van der Waals surface area contributed by atoms with Crippen LogP contribution in [0, 0.1) is 18.8 Å². The lowest BCUT2D eigenvalue weighted by Crippen LogP contribution is -2.17. The van der Waals surface area contributed by atoms with E-state index in [9.17, 15) is 4.79 Å². The Morgan fingerprint density at radius 2 is 2.05 bits per heavy atom. The van der Waals surface area contributed by atoms with Gasteiger partial charge in [-0.1, -0.05) is 15.9 Å². The second-order valence-electron chi connectivity index (χ2n) is 9.67. The van der Waals surface area contributed by atoms with Crippen molar-refractivity contribution in [2.45, 2.75) is 39.2 Å². The van der Waals surface area contributed by atoms with Gasteiger partial charge in [0.1, 0.15) is 0 Å². The molecule has 0 radical (unpaired) electrons. The minimum absolute atomic E-state index is 0.398. The minimum Gasteiger partial charge on any atom is -0.477 e. The van der Waals surface area contributed by atoms with Crippen LogP contribution >= 0.6 is 15.9 Å². The fourth-order valence-corrected chi connectivity index (χ4v) is 5.23. The van der Waals surface area contributed by atoms with Crippen LogP contribution in [-0.2, 0) is 18.3 Å². The molecule has 0 bridgehead atoms. The van der Waals surface area contributed by atoms with Crippen molar-refractivity contribution in [3.05, 3.63) is 52.3 Å². The molecule has 0 saturated heterocycles. The van der Waals surface area contributed by atoms with Crippen molar-refractivity contribution in [2.24, 2.45) is 18.9 Å². The van der Waals surface area contributed by atoms with E-state index in [0.717, 1.165) is 46.1 Å². The minimum atomic E-state index is -0.398. The summed E-state index contributed by atoms with van der Waals surface area (Å²) < 4.78 is 16.1. The van der Waals surface area contributed by atoms with E-state index in [4.69, 9.17) is 15.2 Å². The van der Waals surface area contributed by atoms with Gasteiger partial charge in [-0.2, -0.15) is 5.10 Å². The van der Waals surface area contributed by atoms with E-state index in [2.05, 4.69) is 41.6 Å². The van der Waals surface area contributed by atoms with Crippen LogP contribution in [0.15, 0.2) is 41.0 Å². The van der Waals surface area contributed by atoms with Gasteiger partial charge in [-0.15, -0.1) is 0 Å². The maximum atomic E-state index is 12.1. The van der Waals surface area contributed by atoms with E-state index < -0.39 is 5.97 Å². The van der Waals surface area contributed by atoms with Crippen LogP contribution in [-0.4, -0.2) is 44.0 Å². The van der Waals surface area contributed by atoms with E-state index in [1.54, 1.807) is 23.0 Å². The van der Waals surface area contributed by atoms with Crippen molar-refractivity contribution >= 4 is 38.9 Å². The van der Waals surface area contributed by atoms with E-state index in [1.165, 1.54) is 20.0 Å². The predicted octanol–water partition coefficient (Wildman–Crippen LogP) is 5.16. The molecular weight excluding hydrogens is 536 g/mol. The Morgan fingerprint density at radius 1 is 1.24 bits per heavy atom. The maximum Gasteiger partial charge on any atom is 0.337 e. The van der Waals surface area contributed by atoms with Gasteiger partial charge in [0.25, 0.3) is 0 Å². The molecule has 1 aliphatic rings. The fraction of sp³-hybridized carbons (Fsp3) is 0.407. The van der Waals surface area contributed by atoms with E-state index in [1.807, 2.05) is 26.1 Å². The number of imidazole rings is 1. The molecule has 0 aliphatic heterocycles. The van der Waals surface area contributed by atoms with Gasteiger partial charge < -0.3 is 19.8 Å². The van der Waals surface area contributed by atoms with Gasteiger partial charge in [0.2, 0.25) is 11.8 Å². The highest BCUT2D eigenvalue weighted by atomic mass is 79.9. The van der Waals surface area contributed by atoms with Crippen LogP contribution in [0.4, 0.5) is 5.95 Å². The van der Waals surface area contributed by atoms with Crippen LogP contribution < -0.4 is 10.5 Å². The standard InChI is InChI=1S/C27H31BrN6O3/c1-16-11-19(26(35)36-3)12-23(31-16)21-14-30-33(2)25(21)37-15-18(17-6-7-17)5-4-10-34-24-13-20(28)8-9-22(24)32-27(34)29/h8-9,11-14,17-18H,4-7,10,15H2,1-3H3,(H2,29,32)/t18-/m1/s1. The first-order valence-electron chi connectivity index (χ1n) is 12.5. The summed E-state index contributed by atoms with van der Waals surface area (Å²) in [5.41, 5.74) is 10.7. The molecule has 1 fully saturated rings. The lowest BCUT2D eigenvalue weighted by Gasteiger charge is -2.18. The molecule has 2 N–H and O–H groups in total. The molecule has 3 heterocycles. The molecule has 1 saturated carbocycles. The van der Waals surface area contributed by atoms with Crippen molar-refractivity contribution < 1.29 is 14.3 Å². The number of hydrogen-bond donors (Lipinski definition) is 1. The van der Waals surface area contributed by atoms with E-state index in [-0.39, 0.29) is 0 Å². The van der Waals surface area contributed by atoms with Crippen LogP contribution in [0.1, 0.15) is 41.7 Å². The Hall–Kier alpha value is -3.40. The number of carbonyl (C=O) groups excluding carboxylic acids is 1. The number of nitrogens with two attached hydrogens (primary N) is 1. The number of fused-ring (bicyclic) bond motifs is 1. The van der Waals surface area contributed by atoms with Gasteiger partial charge in [-0.3, -0.25) is 4.98 Å². The zero-order valence-electron chi connectivity index (χ0n) is 21.3. The van der Waals surface area contributed by atoms with Gasteiger partial charge in [0.05, 0.1) is 47.8 Å². The SMILES string of the molecule is COC(=O)c1cc(C)nc(-c2cnn(C)c2OC[C@@H](CCCn2c(N)nc3ccc(Br)cc32)C2CC2)c1. The highest BCUT2D eigenvalue weighted by Crippen LogP contribution is 2.40. The molecule has 3 aromatic heterocycles. The summed E-state index contributed by atoms with van der Waals surface area (Å²) in [6, 6.07) is 9.46. The maximum absolute atomic E-state index is 12.1. The molecule has 4 aromatic rings. The van der Waals surface area contributed by atoms with Crippen LogP contribution in [0.2, 0.25) is 0 Å². The van der Waals surface area contributed by atoms with E-state index >= 15 is 0 Å². The van der Waals surface area contributed by atoms with Crippen molar-refractivity contribution in [3.63, 3.8) is 0 Å². The molecule has 0 amide bonds. The second kappa shape index (κ2) is 10.5. The van der Waals surface area contributed by atoms with Gasteiger partial charge in [-0.05, 0) is 74.8 Å². The molecule has 10 heteroatoms. The Balaban J connectivity index is 1.28. The number of hydrogen-bond acceptors (Lipinski definition) is 7. The number of benzene rings is 1. The van der Waals surface area contributed by atoms with E-state index in [0.29, 0.717) is 41.5 Å². The highest BCUT2D eigenvalue weighted by Gasteiger charge is 2.32. The van der Waals surface area contributed by atoms with Gasteiger partial charge >= 0.3 is 5.97 Å². The second-order valence-corrected chi connectivity index (χ2v) is 10.6. The number of halogens is 1. The average molecular weight is 567 g/mol.